The maximum Gasteiger partial charge on any atom is 0.272 e. The zero-order valence-electron chi connectivity index (χ0n) is 19.4. The van der Waals surface area contributed by atoms with Gasteiger partial charge in [-0.25, -0.2) is 0 Å². The van der Waals surface area contributed by atoms with Crippen LogP contribution in [0, 0.1) is 5.92 Å². The van der Waals surface area contributed by atoms with Crippen LogP contribution in [0.4, 0.5) is 0 Å². The molecular weight excluding hydrogens is 454 g/mol. The van der Waals surface area contributed by atoms with E-state index < -0.39 is 0 Å². The molecule has 5 rings (SSSR count). The van der Waals surface area contributed by atoms with Gasteiger partial charge in [0.1, 0.15) is 23.7 Å². The SMILES string of the molecule is CC(C)Cn1c(=O)c2sccc2n2c(CCC(=O)N[C@@H](C)c3ccc4c(c3)OCCO4)nnc12. The lowest BCUT2D eigenvalue weighted by Gasteiger charge is -2.21. The zero-order valence-corrected chi connectivity index (χ0v) is 20.2. The molecule has 9 nitrogen and oxygen atoms in total. The van der Waals surface area contributed by atoms with Crippen molar-refractivity contribution < 1.29 is 14.3 Å². The standard InChI is InChI=1S/C24H27N5O4S/c1-14(2)13-28-23(31)22-17(8-11-34-22)29-20(26-27-24(28)29)6-7-21(30)25-15(3)16-4-5-18-19(12-16)33-10-9-32-18/h4-5,8,11-12,14-15H,6-7,9-10,13H2,1-3H3,(H,25,30)/t15-/m0/s1. The third-order valence-corrected chi connectivity index (χ3v) is 6.74. The number of benzene rings is 1. The Hall–Kier alpha value is -3.40. The zero-order chi connectivity index (χ0) is 23.8. The molecule has 0 fully saturated rings. The summed E-state index contributed by atoms with van der Waals surface area (Å²) in [6.07, 6.45) is 0.663. The van der Waals surface area contributed by atoms with Crippen LogP contribution in [0.1, 0.15) is 44.6 Å². The summed E-state index contributed by atoms with van der Waals surface area (Å²) >= 11 is 1.41. The molecule has 0 saturated carbocycles. The molecule has 1 aliphatic heterocycles. The fourth-order valence-electron chi connectivity index (χ4n) is 4.22. The summed E-state index contributed by atoms with van der Waals surface area (Å²) in [4.78, 5) is 25.7. The monoisotopic (exact) mass is 481 g/mol. The van der Waals surface area contributed by atoms with Crippen molar-refractivity contribution in [2.24, 2.45) is 5.92 Å². The Labute approximate surface area is 200 Å². The Bertz CT molecular complexity index is 1420. The summed E-state index contributed by atoms with van der Waals surface area (Å²) in [7, 11) is 0. The molecule has 10 heteroatoms. The normalized spacial score (nSPS) is 14.1. The van der Waals surface area contributed by atoms with Crippen molar-refractivity contribution >= 4 is 33.2 Å². The molecule has 0 radical (unpaired) electrons. The minimum atomic E-state index is -0.182. The van der Waals surface area contributed by atoms with E-state index >= 15 is 0 Å². The van der Waals surface area contributed by atoms with E-state index in [9.17, 15) is 9.59 Å². The maximum atomic E-state index is 13.0. The van der Waals surface area contributed by atoms with Gasteiger partial charge in [0.2, 0.25) is 11.7 Å². The third kappa shape index (κ3) is 4.13. The molecule has 1 N–H and O–H groups in total. The molecule has 1 aromatic carbocycles. The minimum Gasteiger partial charge on any atom is -0.486 e. The smallest absolute Gasteiger partial charge is 0.272 e. The van der Waals surface area contributed by atoms with Crippen LogP contribution in [0.5, 0.6) is 11.5 Å². The summed E-state index contributed by atoms with van der Waals surface area (Å²) in [6, 6.07) is 7.44. The number of nitrogens with one attached hydrogen (secondary N) is 1. The first kappa shape index (κ1) is 22.4. The van der Waals surface area contributed by atoms with Crippen molar-refractivity contribution in [1.82, 2.24) is 24.5 Å². The lowest BCUT2D eigenvalue weighted by Crippen LogP contribution is -2.27. The Balaban J connectivity index is 1.33. The molecule has 4 heterocycles. The van der Waals surface area contributed by atoms with Crippen molar-refractivity contribution in [1.29, 1.82) is 0 Å². The van der Waals surface area contributed by atoms with Gasteiger partial charge < -0.3 is 14.8 Å². The number of ether oxygens (including phenoxy) is 2. The number of aryl methyl sites for hydroxylation is 1. The fraction of sp³-hybridized carbons (Fsp3) is 0.417. The Morgan fingerprint density at radius 1 is 1.15 bits per heavy atom. The van der Waals surface area contributed by atoms with Gasteiger partial charge in [-0.2, -0.15) is 0 Å². The third-order valence-electron chi connectivity index (χ3n) is 5.85. The highest BCUT2D eigenvalue weighted by atomic mass is 32.1. The number of fused-ring (bicyclic) bond motifs is 4. The number of amides is 1. The molecule has 0 unspecified atom stereocenters. The van der Waals surface area contributed by atoms with Crippen LogP contribution >= 0.6 is 11.3 Å². The Kier molecular flexibility index (Phi) is 5.99. The molecule has 0 aliphatic carbocycles. The van der Waals surface area contributed by atoms with E-state index in [0.29, 0.717) is 48.2 Å². The first-order valence-electron chi connectivity index (χ1n) is 11.4. The van der Waals surface area contributed by atoms with Crippen LogP contribution < -0.4 is 20.3 Å². The van der Waals surface area contributed by atoms with E-state index in [2.05, 4.69) is 29.4 Å². The highest BCUT2D eigenvalue weighted by Gasteiger charge is 2.20. The van der Waals surface area contributed by atoms with Gasteiger partial charge in [0.25, 0.3) is 5.56 Å². The average Bonchev–Trinajstić information content (AvgIpc) is 3.47. The maximum absolute atomic E-state index is 13.0. The highest BCUT2D eigenvalue weighted by molar-refractivity contribution is 7.17. The minimum absolute atomic E-state index is 0.0452. The van der Waals surface area contributed by atoms with Crippen LogP contribution in [0.2, 0.25) is 0 Å². The van der Waals surface area contributed by atoms with Gasteiger partial charge in [-0.3, -0.25) is 18.6 Å². The number of aromatic nitrogens is 4. The van der Waals surface area contributed by atoms with Gasteiger partial charge in [0, 0.05) is 19.4 Å². The predicted molar refractivity (Wildman–Crippen MR) is 130 cm³/mol. The molecule has 178 valence electrons. The van der Waals surface area contributed by atoms with Gasteiger partial charge in [-0.15, -0.1) is 21.5 Å². The summed E-state index contributed by atoms with van der Waals surface area (Å²) in [5.74, 6) is 2.81. The van der Waals surface area contributed by atoms with E-state index in [1.807, 2.05) is 41.0 Å². The summed E-state index contributed by atoms with van der Waals surface area (Å²) in [5, 5.41) is 13.6. The van der Waals surface area contributed by atoms with Crippen molar-refractivity contribution in [2.75, 3.05) is 13.2 Å². The lowest BCUT2D eigenvalue weighted by molar-refractivity contribution is -0.121. The number of carbonyl (C=O) groups excluding carboxylic acids is 1. The van der Waals surface area contributed by atoms with Crippen LogP contribution in [0.25, 0.3) is 16.0 Å². The Morgan fingerprint density at radius 2 is 1.94 bits per heavy atom. The van der Waals surface area contributed by atoms with E-state index in [1.54, 1.807) is 4.57 Å². The molecule has 4 aromatic rings. The van der Waals surface area contributed by atoms with Gasteiger partial charge in [0.15, 0.2) is 11.5 Å². The van der Waals surface area contributed by atoms with Gasteiger partial charge >= 0.3 is 0 Å². The van der Waals surface area contributed by atoms with Crippen molar-refractivity contribution in [2.45, 2.75) is 46.2 Å². The topological polar surface area (TPSA) is 99.8 Å². The molecule has 0 bridgehead atoms. The van der Waals surface area contributed by atoms with Gasteiger partial charge in [0.05, 0.1) is 11.6 Å². The van der Waals surface area contributed by atoms with Gasteiger partial charge in [-0.05, 0) is 42.0 Å². The van der Waals surface area contributed by atoms with Crippen molar-refractivity contribution in [3.8, 4) is 11.5 Å². The molecule has 34 heavy (non-hydrogen) atoms. The molecule has 0 saturated heterocycles. The number of hydrogen-bond donors (Lipinski definition) is 1. The summed E-state index contributed by atoms with van der Waals surface area (Å²) < 4.78 is 15.5. The van der Waals surface area contributed by atoms with Crippen LogP contribution in [0.3, 0.4) is 0 Å². The van der Waals surface area contributed by atoms with Gasteiger partial charge in [-0.1, -0.05) is 19.9 Å². The molecule has 1 aliphatic rings. The average molecular weight is 482 g/mol. The molecule has 0 spiro atoms. The van der Waals surface area contributed by atoms with Crippen LogP contribution in [-0.4, -0.2) is 38.3 Å². The summed E-state index contributed by atoms with van der Waals surface area (Å²) in [6.45, 7) is 7.68. The second kappa shape index (κ2) is 9.09. The number of thiophene rings is 1. The quantitative estimate of drug-likeness (QED) is 0.435. The summed E-state index contributed by atoms with van der Waals surface area (Å²) in [5.41, 5.74) is 1.69. The fourth-order valence-corrected chi connectivity index (χ4v) is 5.05. The first-order chi connectivity index (χ1) is 16.4. The molecule has 1 amide bonds. The second-order valence-electron chi connectivity index (χ2n) is 8.89. The van der Waals surface area contributed by atoms with E-state index in [-0.39, 0.29) is 29.8 Å². The largest absolute Gasteiger partial charge is 0.486 e. The van der Waals surface area contributed by atoms with Crippen LogP contribution in [0.15, 0.2) is 34.4 Å². The number of hydrogen-bond acceptors (Lipinski definition) is 7. The number of rotatable bonds is 7. The lowest BCUT2D eigenvalue weighted by atomic mass is 10.1. The molecular formula is C24H27N5O4S. The predicted octanol–water partition coefficient (Wildman–Crippen LogP) is 3.34. The van der Waals surface area contributed by atoms with Crippen molar-refractivity contribution in [3.63, 3.8) is 0 Å². The second-order valence-corrected chi connectivity index (χ2v) is 9.80. The molecule has 3 aromatic heterocycles. The Morgan fingerprint density at radius 3 is 2.74 bits per heavy atom. The van der Waals surface area contributed by atoms with Crippen LogP contribution in [-0.2, 0) is 17.8 Å². The number of nitrogens with zero attached hydrogens (tertiary/aromatic N) is 4. The van der Waals surface area contributed by atoms with E-state index in [0.717, 1.165) is 16.8 Å². The van der Waals surface area contributed by atoms with Crippen molar-refractivity contribution in [3.05, 3.63) is 51.4 Å². The van der Waals surface area contributed by atoms with E-state index in [4.69, 9.17) is 9.47 Å². The first-order valence-corrected chi connectivity index (χ1v) is 12.3. The molecule has 1 atom stereocenters. The van der Waals surface area contributed by atoms with E-state index in [1.165, 1.54) is 11.3 Å². The highest BCUT2D eigenvalue weighted by Crippen LogP contribution is 2.32. The number of carbonyl (C=O) groups is 1.